The number of piperidine rings is 1. The number of likely N-dealkylation sites (tertiary alicyclic amines) is 1. The summed E-state index contributed by atoms with van der Waals surface area (Å²) in [5.74, 6) is 0.834. The van der Waals surface area contributed by atoms with Crippen LogP contribution in [0, 0.1) is 5.92 Å². The van der Waals surface area contributed by atoms with Crippen molar-refractivity contribution in [2.45, 2.75) is 58.4 Å². The van der Waals surface area contributed by atoms with Gasteiger partial charge >= 0.3 is 0 Å². The van der Waals surface area contributed by atoms with Gasteiger partial charge in [-0.1, -0.05) is 27.2 Å². The van der Waals surface area contributed by atoms with Crippen molar-refractivity contribution in [2.75, 3.05) is 13.6 Å². The minimum absolute atomic E-state index is 0.534. The van der Waals surface area contributed by atoms with Gasteiger partial charge in [-0.25, -0.2) is 0 Å². The lowest BCUT2D eigenvalue weighted by Gasteiger charge is -2.46. The number of nitrogens with zero attached hydrogens (tertiary/aromatic N) is 1. The molecule has 0 aromatic carbocycles. The summed E-state index contributed by atoms with van der Waals surface area (Å²) in [6.07, 6.45) is 6.95. The molecule has 1 rings (SSSR count). The summed E-state index contributed by atoms with van der Waals surface area (Å²) in [6, 6.07) is 0. The van der Waals surface area contributed by atoms with E-state index in [4.69, 9.17) is 0 Å². The third-order valence-corrected chi connectivity index (χ3v) is 3.64. The Morgan fingerprint density at radius 2 is 2.00 bits per heavy atom. The van der Waals surface area contributed by atoms with E-state index in [-0.39, 0.29) is 0 Å². The Balaban J connectivity index is 2.64. The van der Waals surface area contributed by atoms with Crippen LogP contribution in [-0.2, 0) is 0 Å². The van der Waals surface area contributed by atoms with Crippen molar-refractivity contribution in [1.29, 1.82) is 0 Å². The van der Waals surface area contributed by atoms with Crippen LogP contribution in [0.4, 0.5) is 0 Å². The highest BCUT2D eigenvalue weighted by Gasteiger charge is 2.34. The van der Waals surface area contributed by atoms with E-state index in [1.807, 2.05) is 0 Å². The highest BCUT2D eigenvalue weighted by Crippen LogP contribution is 2.35. The van der Waals surface area contributed by atoms with Gasteiger partial charge in [-0.2, -0.15) is 0 Å². The Labute approximate surface area is 83.5 Å². The molecule has 1 aliphatic rings. The third kappa shape index (κ3) is 2.46. The lowest BCUT2D eigenvalue weighted by molar-refractivity contribution is 0.0491. The molecule has 1 saturated heterocycles. The molecule has 0 saturated carbocycles. The van der Waals surface area contributed by atoms with Gasteiger partial charge in [0, 0.05) is 5.54 Å². The van der Waals surface area contributed by atoms with E-state index in [1.165, 1.54) is 38.6 Å². The Bertz CT molecular complexity index is 153. The van der Waals surface area contributed by atoms with Crippen LogP contribution < -0.4 is 0 Å². The first-order chi connectivity index (χ1) is 6.10. The molecule has 0 aromatic heterocycles. The third-order valence-electron chi connectivity index (χ3n) is 3.64. The molecule has 1 heterocycles. The molecule has 1 atom stereocenters. The fourth-order valence-corrected chi connectivity index (χ4v) is 2.84. The van der Waals surface area contributed by atoms with E-state index >= 15 is 0 Å². The van der Waals surface area contributed by atoms with E-state index in [1.54, 1.807) is 0 Å². The van der Waals surface area contributed by atoms with Gasteiger partial charge in [0.05, 0.1) is 0 Å². The highest BCUT2D eigenvalue weighted by molar-refractivity contribution is 4.91. The van der Waals surface area contributed by atoms with Crippen LogP contribution in [0.25, 0.3) is 0 Å². The van der Waals surface area contributed by atoms with Crippen LogP contribution in [-0.4, -0.2) is 24.0 Å². The molecule has 1 unspecified atom stereocenters. The van der Waals surface area contributed by atoms with Gasteiger partial charge in [0.1, 0.15) is 0 Å². The molecule has 0 N–H and O–H groups in total. The predicted molar refractivity (Wildman–Crippen MR) is 59.0 cm³/mol. The Morgan fingerprint density at radius 3 is 2.46 bits per heavy atom. The molecule has 0 aromatic rings. The molecule has 0 aliphatic carbocycles. The van der Waals surface area contributed by atoms with Crippen LogP contribution in [0.3, 0.4) is 0 Å². The zero-order valence-corrected chi connectivity index (χ0v) is 9.77. The molecule has 1 aliphatic heterocycles. The molecule has 0 amide bonds. The Hall–Kier alpha value is -0.0400. The van der Waals surface area contributed by atoms with Crippen LogP contribution in [0.5, 0.6) is 0 Å². The van der Waals surface area contributed by atoms with Crippen LogP contribution in [0.1, 0.15) is 52.9 Å². The summed E-state index contributed by atoms with van der Waals surface area (Å²) < 4.78 is 0. The standard InChI is InChI=1S/C12H25N/c1-5-12(10-11(2)3)8-6-7-9-13(12)4/h11H,5-10H2,1-4H3. The van der Waals surface area contributed by atoms with Crippen LogP contribution in [0.2, 0.25) is 0 Å². The number of hydrogen-bond acceptors (Lipinski definition) is 1. The number of rotatable bonds is 3. The predicted octanol–water partition coefficient (Wildman–Crippen LogP) is 3.30. The molecule has 0 spiro atoms. The molecule has 1 nitrogen and oxygen atoms in total. The molecular weight excluding hydrogens is 158 g/mol. The summed E-state index contributed by atoms with van der Waals surface area (Å²) in [6.45, 7) is 8.35. The fourth-order valence-electron chi connectivity index (χ4n) is 2.84. The second-order valence-electron chi connectivity index (χ2n) is 5.05. The summed E-state index contributed by atoms with van der Waals surface area (Å²) in [5, 5.41) is 0. The first-order valence-corrected chi connectivity index (χ1v) is 5.82. The van der Waals surface area contributed by atoms with E-state index in [9.17, 15) is 0 Å². The average Bonchev–Trinajstić information content (AvgIpc) is 2.08. The minimum atomic E-state index is 0.534. The molecule has 0 bridgehead atoms. The van der Waals surface area contributed by atoms with Crippen molar-refractivity contribution < 1.29 is 0 Å². The maximum atomic E-state index is 2.61. The normalized spacial score (nSPS) is 31.2. The molecule has 1 heteroatoms. The molecule has 78 valence electrons. The quantitative estimate of drug-likeness (QED) is 0.649. The zero-order chi connectivity index (χ0) is 9.90. The summed E-state index contributed by atoms with van der Waals surface area (Å²) >= 11 is 0. The van der Waals surface area contributed by atoms with Gasteiger partial charge in [0.15, 0.2) is 0 Å². The van der Waals surface area contributed by atoms with Crippen molar-refractivity contribution in [1.82, 2.24) is 4.90 Å². The van der Waals surface area contributed by atoms with Crippen LogP contribution in [0.15, 0.2) is 0 Å². The highest BCUT2D eigenvalue weighted by atomic mass is 15.2. The second-order valence-corrected chi connectivity index (χ2v) is 5.05. The van der Waals surface area contributed by atoms with Gasteiger partial charge in [0.2, 0.25) is 0 Å². The van der Waals surface area contributed by atoms with Crippen molar-refractivity contribution in [3.63, 3.8) is 0 Å². The smallest absolute Gasteiger partial charge is 0.0206 e. The summed E-state index contributed by atoms with van der Waals surface area (Å²) in [4.78, 5) is 2.61. The second kappa shape index (κ2) is 4.45. The van der Waals surface area contributed by atoms with Gasteiger partial charge in [-0.15, -0.1) is 0 Å². The van der Waals surface area contributed by atoms with Gasteiger partial charge in [-0.05, 0) is 45.2 Å². The summed E-state index contributed by atoms with van der Waals surface area (Å²) in [5.41, 5.74) is 0.534. The fraction of sp³-hybridized carbons (Fsp3) is 1.00. The molecule has 1 fully saturated rings. The van der Waals surface area contributed by atoms with E-state index < -0.39 is 0 Å². The molecular formula is C12H25N. The van der Waals surface area contributed by atoms with Crippen molar-refractivity contribution in [3.05, 3.63) is 0 Å². The SMILES string of the molecule is CCC1(CC(C)C)CCCCN1C. The lowest BCUT2D eigenvalue weighted by Crippen LogP contribution is -2.49. The lowest BCUT2D eigenvalue weighted by atomic mass is 9.78. The minimum Gasteiger partial charge on any atom is -0.301 e. The summed E-state index contributed by atoms with van der Waals surface area (Å²) in [7, 11) is 2.31. The maximum Gasteiger partial charge on any atom is 0.0206 e. The van der Waals surface area contributed by atoms with E-state index in [0.717, 1.165) is 5.92 Å². The Kier molecular flexibility index (Phi) is 3.78. The first-order valence-electron chi connectivity index (χ1n) is 5.82. The van der Waals surface area contributed by atoms with E-state index in [0.29, 0.717) is 5.54 Å². The van der Waals surface area contributed by atoms with Crippen LogP contribution >= 0.6 is 0 Å². The first kappa shape index (κ1) is 11.0. The zero-order valence-electron chi connectivity index (χ0n) is 9.77. The monoisotopic (exact) mass is 183 g/mol. The largest absolute Gasteiger partial charge is 0.301 e. The molecule has 13 heavy (non-hydrogen) atoms. The molecule has 0 radical (unpaired) electrons. The topological polar surface area (TPSA) is 3.24 Å². The van der Waals surface area contributed by atoms with Crippen molar-refractivity contribution in [3.8, 4) is 0 Å². The average molecular weight is 183 g/mol. The van der Waals surface area contributed by atoms with Gasteiger partial charge in [0.25, 0.3) is 0 Å². The van der Waals surface area contributed by atoms with E-state index in [2.05, 4.69) is 32.7 Å². The van der Waals surface area contributed by atoms with Gasteiger partial charge < -0.3 is 4.90 Å². The maximum absolute atomic E-state index is 2.61. The van der Waals surface area contributed by atoms with Gasteiger partial charge in [-0.3, -0.25) is 0 Å². The van der Waals surface area contributed by atoms with Crippen molar-refractivity contribution >= 4 is 0 Å². The van der Waals surface area contributed by atoms with Crippen molar-refractivity contribution in [2.24, 2.45) is 5.92 Å². The number of hydrogen-bond donors (Lipinski definition) is 0. The Morgan fingerprint density at radius 1 is 1.31 bits per heavy atom.